The van der Waals surface area contributed by atoms with Crippen LogP contribution in [0.2, 0.25) is 0 Å². The second-order valence-electron chi connectivity index (χ2n) is 4.56. The molecule has 0 aromatic heterocycles. The second kappa shape index (κ2) is 7.69. The molecule has 0 bridgehead atoms. The average Bonchev–Trinajstić information content (AvgIpc) is 2.21. The van der Waals surface area contributed by atoms with Gasteiger partial charge < -0.3 is 10.2 Å². The maximum atomic E-state index is 11.7. The molecule has 0 saturated carbocycles. The lowest BCUT2D eigenvalue weighted by Gasteiger charge is -2.20. The Bertz CT molecular complexity index is 180. The van der Waals surface area contributed by atoms with E-state index >= 15 is 0 Å². The Morgan fingerprint density at radius 1 is 1.33 bits per heavy atom. The minimum absolute atomic E-state index is 0.0536. The third-order valence-electron chi connectivity index (χ3n) is 2.63. The SMILES string of the molecule is CCN(C)C(=O)C(C)NCCCC(C)C. The van der Waals surface area contributed by atoms with Crippen molar-refractivity contribution in [1.29, 1.82) is 0 Å². The molecule has 0 saturated heterocycles. The fourth-order valence-electron chi connectivity index (χ4n) is 1.40. The number of hydrogen-bond acceptors (Lipinski definition) is 2. The summed E-state index contributed by atoms with van der Waals surface area (Å²) in [6, 6.07) is -0.0536. The van der Waals surface area contributed by atoms with Crippen LogP contribution >= 0.6 is 0 Å². The highest BCUT2D eigenvalue weighted by atomic mass is 16.2. The van der Waals surface area contributed by atoms with Gasteiger partial charge in [0.25, 0.3) is 0 Å². The van der Waals surface area contributed by atoms with Gasteiger partial charge in [-0.3, -0.25) is 4.79 Å². The highest BCUT2D eigenvalue weighted by Crippen LogP contribution is 2.02. The molecular weight excluding hydrogens is 188 g/mol. The van der Waals surface area contributed by atoms with Gasteiger partial charge in [0.2, 0.25) is 5.91 Å². The Morgan fingerprint density at radius 2 is 1.93 bits per heavy atom. The third kappa shape index (κ3) is 6.50. The van der Waals surface area contributed by atoms with Crippen molar-refractivity contribution in [2.45, 2.75) is 46.6 Å². The second-order valence-corrected chi connectivity index (χ2v) is 4.56. The molecule has 1 amide bonds. The van der Waals surface area contributed by atoms with Gasteiger partial charge in [-0.25, -0.2) is 0 Å². The molecule has 0 aromatic rings. The standard InChI is InChI=1S/C12H26N2O/c1-6-14(5)12(15)11(4)13-9-7-8-10(2)3/h10-11,13H,6-9H2,1-5H3. The van der Waals surface area contributed by atoms with Gasteiger partial charge >= 0.3 is 0 Å². The third-order valence-corrected chi connectivity index (χ3v) is 2.63. The lowest BCUT2D eigenvalue weighted by Crippen LogP contribution is -2.43. The van der Waals surface area contributed by atoms with Gasteiger partial charge in [-0.1, -0.05) is 13.8 Å². The molecule has 0 spiro atoms. The van der Waals surface area contributed by atoms with E-state index in [1.165, 1.54) is 6.42 Å². The first kappa shape index (κ1) is 14.4. The Kier molecular flexibility index (Phi) is 7.39. The van der Waals surface area contributed by atoms with Crippen molar-refractivity contribution in [3.63, 3.8) is 0 Å². The smallest absolute Gasteiger partial charge is 0.239 e. The molecule has 0 aliphatic carbocycles. The molecule has 0 radical (unpaired) electrons. The van der Waals surface area contributed by atoms with E-state index in [-0.39, 0.29) is 11.9 Å². The number of nitrogens with zero attached hydrogens (tertiary/aromatic N) is 1. The molecule has 0 heterocycles. The molecule has 3 nitrogen and oxygen atoms in total. The number of carbonyl (C=O) groups excluding carboxylic acids is 1. The molecule has 0 aliphatic heterocycles. The van der Waals surface area contributed by atoms with E-state index in [4.69, 9.17) is 0 Å². The molecule has 0 fully saturated rings. The molecule has 3 heteroatoms. The van der Waals surface area contributed by atoms with E-state index in [1.807, 2.05) is 20.9 Å². The summed E-state index contributed by atoms with van der Waals surface area (Å²) in [5, 5.41) is 3.26. The van der Waals surface area contributed by atoms with E-state index in [2.05, 4.69) is 19.2 Å². The lowest BCUT2D eigenvalue weighted by molar-refractivity contribution is -0.131. The summed E-state index contributed by atoms with van der Waals surface area (Å²) in [4.78, 5) is 13.4. The minimum atomic E-state index is -0.0536. The zero-order valence-electron chi connectivity index (χ0n) is 10.8. The van der Waals surface area contributed by atoms with Gasteiger partial charge in [0.05, 0.1) is 6.04 Å². The molecule has 1 atom stereocenters. The maximum Gasteiger partial charge on any atom is 0.239 e. The fourth-order valence-corrected chi connectivity index (χ4v) is 1.40. The summed E-state index contributed by atoms with van der Waals surface area (Å²) in [6.07, 6.45) is 2.36. The zero-order chi connectivity index (χ0) is 11.8. The van der Waals surface area contributed by atoms with Crippen LogP contribution in [0, 0.1) is 5.92 Å². The molecule has 90 valence electrons. The quantitative estimate of drug-likeness (QED) is 0.656. The molecule has 1 unspecified atom stereocenters. The van der Waals surface area contributed by atoms with Crippen LogP contribution < -0.4 is 5.32 Å². The molecular formula is C12H26N2O. The first-order valence-electron chi connectivity index (χ1n) is 5.97. The number of rotatable bonds is 7. The fraction of sp³-hybridized carbons (Fsp3) is 0.917. The highest BCUT2D eigenvalue weighted by molar-refractivity contribution is 5.81. The Labute approximate surface area is 94.2 Å². The van der Waals surface area contributed by atoms with Crippen LogP contribution in [0.4, 0.5) is 0 Å². The van der Waals surface area contributed by atoms with Crippen LogP contribution in [0.15, 0.2) is 0 Å². The predicted octanol–water partition coefficient (Wildman–Crippen LogP) is 1.88. The largest absolute Gasteiger partial charge is 0.345 e. The first-order valence-corrected chi connectivity index (χ1v) is 5.97. The Balaban J connectivity index is 3.64. The van der Waals surface area contributed by atoms with E-state index < -0.39 is 0 Å². The number of likely N-dealkylation sites (N-methyl/N-ethyl adjacent to an activating group) is 1. The monoisotopic (exact) mass is 214 g/mol. The van der Waals surface area contributed by atoms with Crippen molar-refractivity contribution in [1.82, 2.24) is 10.2 Å². The zero-order valence-corrected chi connectivity index (χ0v) is 10.8. The summed E-state index contributed by atoms with van der Waals surface area (Å²) >= 11 is 0. The van der Waals surface area contributed by atoms with Crippen molar-refractivity contribution in [2.24, 2.45) is 5.92 Å². The molecule has 15 heavy (non-hydrogen) atoms. The van der Waals surface area contributed by atoms with Gasteiger partial charge in [-0.2, -0.15) is 0 Å². The van der Waals surface area contributed by atoms with Crippen LogP contribution in [-0.2, 0) is 4.79 Å². The summed E-state index contributed by atoms with van der Waals surface area (Å²) < 4.78 is 0. The van der Waals surface area contributed by atoms with Crippen LogP contribution in [0.3, 0.4) is 0 Å². The van der Waals surface area contributed by atoms with Gasteiger partial charge in [-0.15, -0.1) is 0 Å². The van der Waals surface area contributed by atoms with Gasteiger partial charge in [0, 0.05) is 13.6 Å². The number of hydrogen-bond donors (Lipinski definition) is 1. The van der Waals surface area contributed by atoms with Gasteiger partial charge in [0.1, 0.15) is 0 Å². The lowest BCUT2D eigenvalue weighted by atomic mass is 10.1. The Hall–Kier alpha value is -0.570. The summed E-state index contributed by atoms with van der Waals surface area (Å²) in [6.45, 7) is 10.1. The Morgan fingerprint density at radius 3 is 2.40 bits per heavy atom. The summed E-state index contributed by atoms with van der Waals surface area (Å²) in [7, 11) is 1.84. The van der Waals surface area contributed by atoms with E-state index in [9.17, 15) is 4.79 Å². The number of amides is 1. The normalized spacial score (nSPS) is 12.9. The maximum absolute atomic E-state index is 11.7. The molecule has 1 N–H and O–H groups in total. The average molecular weight is 214 g/mol. The molecule has 0 aromatic carbocycles. The van der Waals surface area contributed by atoms with E-state index in [1.54, 1.807) is 4.90 Å². The summed E-state index contributed by atoms with van der Waals surface area (Å²) in [5.41, 5.74) is 0. The van der Waals surface area contributed by atoms with Gasteiger partial charge in [-0.05, 0) is 39.2 Å². The van der Waals surface area contributed by atoms with Crippen molar-refractivity contribution in [2.75, 3.05) is 20.1 Å². The van der Waals surface area contributed by atoms with Gasteiger partial charge in [0.15, 0.2) is 0 Å². The topological polar surface area (TPSA) is 32.3 Å². The number of carbonyl (C=O) groups is 1. The summed E-state index contributed by atoms with van der Waals surface area (Å²) in [5.74, 6) is 0.929. The van der Waals surface area contributed by atoms with Crippen LogP contribution in [0.1, 0.15) is 40.5 Å². The minimum Gasteiger partial charge on any atom is -0.345 e. The predicted molar refractivity (Wildman–Crippen MR) is 64.8 cm³/mol. The first-order chi connectivity index (χ1) is 6.99. The van der Waals surface area contributed by atoms with E-state index in [0.29, 0.717) is 0 Å². The van der Waals surface area contributed by atoms with Crippen LogP contribution in [-0.4, -0.2) is 37.0 Å². The van der Waals surface area contributed by atoms with Crippen LogP contribution in [0.25, 0.3) is 0 Å². The van der Waals surface area contributed by atoms with Crippen molar-refractivity contribution in [3.05, 3.63) is 0 Å². The highest BCUT2D eigenvalue weighted by Gasteiger charge is 2.14. The van der Waals surface area contributed by atoms with Crippen molar-refractivity contribution >= 4 is 5.91 Å². The van der Waals surface area contributed by atoms with Crippen molar-refractivity contribution < 1.29 is 4.79 Å². The van der Waals surface area contributed by atoms with Crippen LogP contribution in [0.5, 0.6) is 0 Å². The number of nitrogens with one attached hydrogen (secondary N) is 1. The molecule has 0 rings (SSSR count). The van der Waals surface area contributed by atoms with E-state index in [0.717, 1.165) is 25.4 Å². The van der Waals surface area contributed by atoms with Crippen molar-refractivity contribution in [3.8, 4) is 0 Å². The molecule has 0 aliphatic rings.